The Kier molecular flexibility index (Phi) is 6.10. The maximum Gasteiger partial charge on any atom is 0.292 e. The number of para-hydroxylation sites is 2. The van der Waals surface area contributed by atoms with E-state index in [2.05, 4.69) is 4.99 Å². The Balaban J connectivity index is 1.70. The predicted molar refractivity (Wildman–Crippen MR) is 113 cm³/mol. The minimum absolute atomic E-state index is 0.107. The Bertz CT molecular complexity index is 1130. The summed E-state index contributed by atoms with van der Waals surface area (Å²) in [7, 11) is 0. The van der Waals surface area contributed by atoms with Crippen LogP contribution in [-0.4, -0.2) is 36.4 Å². The Hall–Kier alpha value is -2.06. The molecule has 0 fully saturated rings. The van der Waals surface area contributed by atoms with E-state index in [0.29, 0.717) is 46.1 Å². The van der Waals surface area contributed by atoms with Crippen molar-refractivity contribution in [2.75, 3.05) is 19.8 Å². The lowest BCUT2D eigenvalue weighted by Gasteiger charge is -2.23. The minimum atomic E-state index is -0.811. The number of nitrogens with zero attached hydrogens (tertiary/aromatic N) is 2. The molecule has 2 heterocycles. The van der Waals surface area contributed by atoms with Crippen LogP contribution in [0.25, 0.3) is 10.2 Å². The molecule has 1 amide bonds. The maximum absolute atomic E-state index is 12.8. The van der Waals surface area contributed by atoms with Gasteiger partial charge in [-0.3, -0.25) is 4.79 Å². The first-order valence-corrected chi connectivity index (χ1v) is 10.7. The molecule has 152 valence electrons. The van der Waals surface area contributed by atoms with E-state index >= 15 is 0 Å². The Labute approximate surface area is 181 Å². The number of halogens is 2. The molecule has 0 aliphatic carbocycles. The molecule has 4 rings (SSSR count). The van der Waals surface area contributed by atoms with Crippen LogP contribution in [0.5, 0.6) is 11.5 Å². The summed E-state index contributed by atoms with van der Waals surface area (Å²) in [5.41, 5.74) is 0.738. The molecule has 9 heteroatoms. The molecule has 0 saturated heterocycles. The van der Waals surface area contributed by atoms with Crippen LogP contribution in [0.3, 0.4) is 0 Å². The van der Waals surface area contributed by atoms with E-state index in [1.165, 1.54) is 11.3 Å². The number of rotatable bonds is 5. The Morgan fingerprint density at radius 3 is 2.86 bits per heavy atom. The molecular formula is C20H18Cl2N2O4S. The summed E-state index contributed by atoms with van der Waals surface area (Å²) in [6.45, 7) is 3.58. The van der Waals surface area contributed by atoms with E-state index in [1.807, 2.05) is 29.7 Å². The summed E-state index contributed by atoms with van der Waals surface area (Å²) in [6, 6.07) is 10.8. The zero-order valence-electron chi connectivity index (χ0n) is 15.6. The van der Waals surface area contributed by atoms with Gasteiger partial charge in [-0.15, -0.1) is 0 Å². The number of carbonyl (C=O) groups is 1. The van der Waals surface area contributed by atoms with Crippen molar-refractivity contribution in [1.29, 1.82) is 0 Å². The normalized spacial score (nSPS) is 16.4. The number of benzene rings is 2. The molecule has 1 aliphatic heterocycles. The summed E-state index contributed by atoms with van der Waals surface area (Å²) >= 11 is 14.0. The topological polar surface area (TPSA) is 62.1 Å². The number of hydrogen-bond donors (Lipinski definition) is 0. The van der Waals surface area contributed by atoms with Crippen molar-refractivity contribution in [2.24, 2.45) is 4.99 Å². The zero-order valence-corrected chi connectivity index (χ0v) is 17.9. The lowest BCUT2D eigenvalue weighted by atomic mass is 10.2. The average molecular weight is 453 g/mol. The van der Waals surface area contributed by atoms with Gasteiger partial charge < -0.3 is 18.8 Å². The third kappa shape index (κ3) is 4.14. The smallest absolute Gasteiger partial charge is 0.292 e. The highest BCUT2D eigenvalue weighted by molar-refractivity contribution is 7.16. The first kappa shape index (κ1) is 20.2. The molecule has 1 atom stereocenters. The molecular weight excluding hydrogens is 435 g/mol. The first-order valence-electron chi connectivity index (χ1n) is 9.10. The van der Waals surface area contributed by atoms with Gasteiger partial charge in [-0.05, 0) is 31.2 Å². The average Bonchev–Trinajstić information content (AvgIpc) is 3.08. The number of amides is 1. The minimum Gasteiger partial charge on any atom is -0.485 e. The van der Waals surface area contributed by atoms with Crippen LogP contribution in [0.15, 0.2) is 41.4 Å². The summed E-state index contributed by atoms with van der Waals surface area (Å²) in [4.78, 5) is 17.7. The SMILES string of the molecule is CCOCCn1c(=NC(=O)C2COc3ccccc3O2)sc2ccc(Cl)c(Cl)c21. The maximum atomic E-state index is 12.8. The highest BCUT2D eigenvalue weighted by Gasteiger charge is 2.27. The third-order valence-electron chi connectivity index (χ3n) is 4.39. The van der Waals surface area contributed by atoms with Gasteiger partial charge in [0.25, 0.3) is 5.91 Å². The zero-order chi connectivity index (χ0) is 20.4. The van der Waals surface area contributed by atoms with Crippen molar-refractivity contribution in [3.63, 3.8) is 0 Å². The van der Waals surface area contributed by atoms with Crippen LogP contribution < -0.4 is 14.3 Å². The fourth-order valence-electron chi connectivity index (χ4n) is 3.00. The van der Waals surface area contributed by atoms with E-state index in [4.69, 9.17) is 37.4 Å². The Morgan fingerprint density at radius 2 is 2.07 bits per heavy atom. The molecule has 2 aromatic carbocycles. The second-order valence-electron chi connectivity index (χ2n) is 6.26. The van der Waals surface area contributed by atoms with Gasteiger partial charge in [0.15, 0.2) is 16.3 Å². The lowest BCUT2D eigenvalue weighted by Crippen LogP contribution is -2.37. The molecule has 3 aromatic rings. The number of thiazole rings is 1. The van der Waals surface area contributed by atoms with E-state index in [-0.39, 0.29) is 6.61 Å². The van der Waals surface area contributed by atoms with Gasteiger partial charge in [0.2, 0.25) is 6.10 Å². The van der Waals surface area contributed by atoms with Crippen LogP contribution in [0.4, 0.5) is 0 Å². The van der Waals surface area contributed by atoms with E-state index in [9.17, 15) is 4.79 Å². The van der Waals surface area contributed by atoms with Crippen molar-refractivity contribution in [3.05, 3.63) is 51.2 Å². The summed E-state index contributed by atoms with van der Waals surface area (Å²) in [5, 5.41) is 0.873. The van der Waals surface area contributed by atoms with Crippen LogP contribution in [0, 0.1) is 0 Å². The molecule has 0 bridgehead atoms. The molecule has 1 aliphatic rings. The molecule has 0 radical (unpaired) electrons. The number of fused-ring (bicyclic) bond motifs is 2. The number of aromatic nitrogens is 1. The lowest BCUT2D eigenvalue weighted by molar-refractivity contribution is -0.127. The molecule has 6 nitrogen and oxygen atoms in total. The van der Waals surface area contributed by atoms with Gasteiger partial charge in [-0.25, -0.2) is 0 Å². The monoisotopic (exact) mass is 452 g/mol. The highest BCUT2D eigenvalue weighted by Crippen LogP contribution is 2.33. The molecule has 0 saturated carbocycles. The molecule has 1 unspecified atom stereocenters. The van der Waals surface area contributed by atoms with E-state index < -0.39 is 12.0 Å². The molecule has 29 heavy (non-hydrogen) atoms. The van der Waals surface area contributed by atoms with Crippen LogP contribution in [0.1, 0.15) is 6.92 Å². The van der Waals surface area contributed by atoms with Gasteiger partial charge in [0.05, 0.1) is 26.9 Å². The van der Waals surface area contributed by atoms with Gasteiger partial charge in [-0.2, -0.15) is 4.99 Å². The molecule has 0 N–H and O–H groups in total. The van der Waals surface area contributed by atoms with Crippen LogP contribution in [0.2, 0.25) is 10.0 Å². The van der Waals surface area contributed by atoms with Gasteiger partial charge in [0, 0.05) is 13.2 Å². The van der Waals surface area contributed by atoms with Crippen molar-refractivity contribution in [3.8, 4) is 11.5 Å². The van der Waals surface area contributed by atoms with Gasteiger partial charge >= 0.3 is 0 Å². The number of hydrogen-bond acceptors (Lipinski definition) is 5. The second-order valence-corrected chi connectivity index (χ2v) is 8.05. The number of carbonyl (C=O) groups excluding carboxylic acids is 1. The van der Waals surface area contributed by atoms with Crippen molar-refractivity contribution < 1.29 is 19.0 Å². The Morgan fingerprint density at radius 1 is 1.28 bits per heavy atom. The van der Waals surface area contributed by atoms with Gasteiger partial charge in [-0.1, -0.05) is 46.7 Å². The summed E-state index contributed by atoms with van der Waals surface area (Å²) in [5.74, 6) is 0.729. The van der Waals surface area contributed by atoms with Crippen molar-refractivity contribution in [2.45, 2.75) is 19.6 Å². The largest absolute Gasteiger partial charge is 0.485 e. The number of ether oxygens (including phenoxy) is 3. The molecule has 0 spiro atoms. The fraction of sp³-hybridized carbons (Fsp3) is 0.300. The second kappa shape index (κ2) is 8.75. The summed E-state index contributed by atoms with van der Waals surface area (Å²) < 4.78 is 19.6. The first-order chi connectivity index (χ1) is 14.1. The van der Waals surface area contributed by atoms with Crippen LogP contribution >= 0.6 is 34.5 Å². The van der Waals surface area contributed by atoms with Crippen LogP contribution in [-0.2, 0) is 16.1 Å². The highest BCUT2D eigenvalue weighted by atomic mass is 35.5. The quantitative estimate of drug-likeness (QED) is 0.540. The van der Waals surface area contributed by atoms with Gasteiger partial charge in [0.1, 0.15) is 6.61 Å². The van der Waals surface area contributed by atoms with E-state index in [0.717, 1.165) is 10.2 Å². The van der Waals surface area contributed by atoms with E-state index in [1.54, 1.807) is 18.2 Å². The molecule has 1 aromatic heterocycles. The van der Waals surface area contributed by atoms with Crippen molar-refractivity contribution in [1.82, 2.24) is 4.57 Å². The fourth-order valence-corrected chi connectivity index (χ4v) is 4.55. The summed E-state index contributed by atoms with van der Waals surface area (Å²) in [6.07, 6.45) is -0.811. The van der Waals surface area contributed by atoms with Crippen molar-refractivity contribution >= 4 is 50.7 Å². The standard InChI is InChI=1S/C20H18Cl2N2O4S/c1-2-26-10-9-24-18-16(8-7-12(21)17(18)22)29-20(24)23-19(25)15-11-27-13-5-3-4-6-14(13)28-15/h3-8,15H,2,9-11H2,1H3. The third-order valence-corrected chi connectivity index (χ3v) is 6.23. The predicted octanol–water partition coefficient (Wildman–Crippen LogP) is 4.31.